The Balaban J connectivity index is 1.62. The highest BCUT2D eigenvalue weighted by molar-refractivity contribution is 5.97. The van der Waals surface area contributed by atoms with Gasteiger partial charge in [-0.1, -0.05) is 26.7 Å². The zero-order chi connectivity index (χ0) is 18.0. The molecule has 0 bridgehead atoms. The minimum absolute atomic E-state index is 0.0717. The zero-order valence-corrected chi connectivity index (χ0v) is 15.3. The van der Waals surface area contributed by atoms with Crippen LogP contribution in [0.2, 0.25) is 0 Å². The molecule has 2 amide bonds. The van der Waals surface area contributed by atoms with Gasteiger partial charge in [-0.3, -0.25) is 9.59 Å². The lowest BCUT2D eigenvalue weighted by atomic mass is 9.77. The molecule has 4 unspecified atom stereocenters. The van der Waals surface area contributed by atoms with Gasteiger partial charge in [-0.2, -0.15) is 0 Å². The summed E-state index contributed by atoms with van der Waals surface area (Å²) in [6.45, 7) is 5.06. The highest BCUT2D eigenvalue weighted by Crippen LogP contribution is 2.36. The summed E-state index contributed by atoms with van der Waals surface area (Å²) >= 11 is 0. The molecule has 1 aliphatic heterocycles. The van der Waals surface area contributed by atoms with Crippen molar-refractivity contribution in [3.63, 3.8) is 0 Å². The van der Waals surface area contributed by atoms with E-state index in [-0.39, 0.29) is 23.8 Å². The summed E-state index contributed by atoms with van der Waals surface area (Å²) in [7, 11) is 1.61. The zero-order valence-electron chi connectivity index (χ0n) is 15.3. The minimum Gasteiger partial charge on any atom is -0.497 e. The molecule has 4 atom stereocenters. The molecule has 1 aromatic rings. The number of rotatable bonds is 4. The predicted molar refractivity (Wildman–Crippen MR) is 97.4 cm³/mol. The molecular weight excluding hydrogens is 316 g/mol. The van der Waals surface area contributed by atoms with Crippen LogP contribution in [-0.2, 0) is 9.59 Å². The Labute approximate surface area is 149 Å². The molecule has 1 heterocycles. The normalized spacial score (nSPS) is 29.6. The molecule has 25 heavy (non-hydrogen) atoms. The molecular formula is C20H28N2O3. The summed E-state index contributed by atoms with van der Waals surface area (Å²) < 4.78 is 5.12. The van der Waals surface area contributed by atoms with Crippen molar-refractivity contribution in [1.82, 2.24) is 4.90 Å². The van der Waals surface area contributed by atoms with E-state index in [1.165, 1.54) is 12.8 Å². The Morgan fingerprint density at radius 2 is 1.92 bits per heavy atom. The monoisotopic (exact) mass is 344 g/mol. The first-order valence-electron chi connectivity index (χ1n) is 9.24. The van der Waals surface area contributed by atoms with Crippen molar-refractivity contribution >= 4 is 17.5 Å². The smallest absolute Gasteiger partial charge is 0.229 e. The molecule has 1 aromatic carbocycles. The second-order valence-electron chi connectivity index (χ2n) is 7.50. The van der Waals surface area contributed by atoms with Gasteiger partial charge in [0.1, 0.15) is 5.75 Å². The largest absolute Gasteiger partial charge is 0.497 e. The minimum atomic E-state index is -0.265. The maximum absolute atomic E-state index is 12.6. The number of hydrogen-bond donors (Lipinski definition) is 1. The van der Waals surface area contributed by atoms with E-state index >= 15 is 0 Å². The number of hydrogen-bond acceptors (Lipinski definition) is 3. The molecule has 136 valence electrons. The number of amides is 2. The first-order valence-corrected chi connectivity index (χ1v) is 9.24. The fraction of sp³-hybridized carbons (Fsp3) is 0.600. The molecule has 2 aliphatic rings. The Morgan fingerprint density at radius 1 is 1.20 bits per heavy atom. The van der Waals surface area contributed by atoms with Crippen LogP contribution in [0.3, 0.4) is 0 Å². The number of nitrogens with one attached hydrogen (secondary N) is 1. The summed E-state index contributed by atoms with van der Waals surface area (Å²) in [4.78, 5) is 27.0. The lowest BCUT2D eigenvalue weighted by Crippen LogP contribution is -2.45. The van der Waals surface area contributed by atoms with Crippen LogP contribution in [0.1, 0.15) is 39.5 Å². The number of ether oxygens (including phenoxy) is 1. The van der Waals surface area contributed by atoms with E-state index in [0.717, 1.165) is 17.9 Å². The van der Waals surface area contributed by atoms with Gasteiger partial charge < -0.3 is 15.0 Å². The van der Waals surface area contributed by atoms with Crippen molar-refractivity contribution in [2.75, 3.05) is 19.0 Å². The number of methoxy groups -OCH3 is 1. The maximum Gasteiger partial charge on any atom is 0.229 e. The van der Waals surface area contributed by atoms with Crippen molar-refractivity contribution in [3.8, 4) is 5.75 Å². The summed E-state index contributed by atoms with van der Waals surface area (Å²) in [6, 6.07) is 7.54. The van der Waals surface area contributed by atoms with Crippen LogP contribution in [0.15, 0.2) is 24.3 Å². The fourth-order valence-electron chi connectivity index (χ4n) is 4.14. The van der Waals surface area contributed by atoms with Gasteiger partial charge >= 0.3 is 0 Å². The highest BCUT2D eigenvalue weighted by Gasteiger charge is 2.41. The third kappa shape index (κ3) is 3.80. The Kier molecular flexibility index (Phi) is 5.30. The van der Waals surface area contributed by atoms with E-state index in [0.29, 0.717) is 24.8 Å². The van der Waals surface area contributed by atoms with Crippen LogP contribution in [0, 0.1) is 17.8 Å². The van der Waals surface area contributed by atoms with Crippen LogP contribution < -0.4 is 10.1 Å². The highest BCUT2D eigenvalue weighted by atomic mass is 16.5. The van der Waals surface area contributed by atoms with Gasteiger partial charge in [-0.05, 0) is 42.5 Å². The van der Waals surface area contributed by atoms with Gasteiger partial charge in [-0.15, -0.1) is 0 Å². The molecule has 1 saturated carbocycles. The van der Waals surface area contributed by atoms with Crippen LogP contribution in [-0.4, -0.2) is 36.4 Å². The summed E-state index contributed by atoms with van der Waals surface area (Å²) in [5.41, 5.74) is 0.733. The standard InChI is InChI=1S/C20H28N2O3/c1-13-5-4-6-18(14(13)2)22-12-15(11-19(22)23)20(24)21-16-7-9-17(25-3)10-8-16/h7-10,13-15,18H,4-6,11-12H2,1-3H3,(H,21,24). The summed E-state index contributed by atoms with van der Waals surface area (Å²) in [6.07, 6.45) is 3.79. The summed E-state index contributed by atoms with van der Waals surface area (Å²) in [5.74, 6) is 1.68. The van der Waals surface area contributed by atoms with Crippen molar-refractivity contribution in [3.05, 3.63) is 24.3 Å². The number of benzene rings is 1. The number of anilines is 1. The molecule has 1 N–H and O–H groups in total. The lowest BCUT2D eigenvalue weighted by molar-refractivity contribution is -0.131. The van der Waals surface area contributed by atoms with Gasteiger partial charge in [0, 0.05) is 24.7 Å². The lowest BCUT2D eigenvalue weighted by Gasteiger charge is -2.40. The van der Waals surface area contributed by atoms with Gasteiger partial charge in [0.05, 0.1) is 13.0 Å². The molecule has 3 rings (SSSR count). The molecule has 5 nitrogen and oxygen atoms in total. The van der Waals surface area contributed by atoms with Crippen molar-refractivity contribution in [2.24, 2.45) is 17.8 Å². The topological polar surface area (TPSA) is 58.6 Å². The first kappa shape index (κ1) is 17.8. The second kappa shape index (κ2) is 7.46. The van der Waals surface area contributed by atoms with Gasteiger partial charge in [0.2, 0.25) is 11.8 Å². The van der Waals surface area contributed by atoms with Crippen molar-refractivity contribution < 1.29 is 14.3 Å². The SMILES string of the molecule is COc1ccc(NC(=O)C2CC(=O)N(C3CCCC(C)C3C)C2)cc1. The molecule has 2 fully saturated rings. The van der Waals surface area contributed by atoms with Gasteiger partial charge in [-0.25, -0.2) is 0 Å². The van der Waals surface area contributed by atoms with Crippen molar-refractivity contribution in [2.45, 2.75) is 45.6 Å². The molecule has 1 aliphatic carbocycles. The maximum atomic E-state index is 12.6. The van der Waals surface area contributed by atoms with Crippen LogP contribution in [0.5, 0.6) is 5.75 Å². The van der Waals surface area contributed by atoms with Crippen LogP contribution in [0.25, 0.3) is 0 Å². The van der Waals surface area contributed by atoms with Crippen LogP contribution in [0.4, 0.5) is 5.69 Å². The quantitative estimate of drug-likeness (QED) is 0.912. The third-order valence-corrected chi connectivity index (χ3v) is 5.95. The number of carbonyl (C=O) groups excluding carboxylic acids is 2. The van der Waals surface area contributed by atoms with E-state index in [1.807, 2.05) is 29.2 Å². The van der Waals surface area contributed by atoms with Gasteiger partial charge in [0.25, 0.3) is 0 Å². The Bertz CT molecular complexity index is 628. The number of carbonyl (C=O) groups is 2. The third-order valence-electron chi connectivity index (χ3n) is 5.95. The average molecular weight is 344 g/mol. The van der Waals surface area contributed by atoms with E-state index in [4.69, 9.17) is 4.74 Å². The Morgan fingerprint density at radius 3 is 2.60 bits per heavy atom. The average Bonchev–Trinajstić information content (AvgIpc) is 3.00. The predicted octanol–water partition coefficient (Wildman–Crippen LogP) is 3.31. The van der Waals surface area contributed by atoms with Crippen molar-refractivity contribution in [1.29, 1.82) is 0 Å². The van der Waals surface area contributed by atoms with E-state index in [1.54, 1.807) is 7.11 Å². The molecule has 0 spiro atoms. The molecule has 1 saturated heterocycles. The summed E-state index contributed by atoms with van der Waals surface area (Å²) in [5, 5.41) is 2.93. The van der Waals surface area contributed by atoms with E-state index in [2.05, 4.69) is 19.2 Å². The second-order valence-corrected chi connectivity index (χ2v) is 7.50. The number of nitrogens with zero attached hydrogens (tertiary/aromatic N) is 1. The number of likely N-dealkylation sites (tertiary alicyclic amines) is 1. The van der Waals surface area contributed by atoms with Gasteiger partial charge in [0.15, 0.2) is 0 Å². The fourth-order valence-corrected chi connectivity index (χ4v) is 4.14. The molecule has 0 aromatic heterocycles. The van der Waals surface area contributed by atoms with E-state index in [9.17, 15) is 9.59 Å². The van der Waals surface area contributed by atoms with Crippen LogP contribution >= 0.6 is 0 Å². The molecule has 0 radical (unpaired) electrons. The Hall–Kier alpha value is -2.04. The first-order chi connectivity index (χ1) is 12.0. The molecule has 5 heteroatoms. The van der Waals surface area contributed by atoms with E-state index < -0.39 is 0 Å².